The molecule has 0 aromatic heterocycles. The largest absolute Gasteiger partial charge is 0.398 e. The van der Waals surface area contributed by atoms with Gasteiger partial charge in [0.25, 0.3) is 5.91 Å². The third-order valence-corrected chi connectivity index (χ3v) is 4.25. The molecule has 0 bridgehead atoms. The van der Waals surface area contributed by atoms with Crippen LogP contribution in [0.3, 0.4) is 0 Å². The summed E-state index contributed by atoms with van der Waals surface area (Å²) in [5, 5.41) is 2.90. The summed E-state index contributed by atoms with van der Waals surface area (Å²) in [6.45, 7) is 0.554. The zero-order valence-electron chi connectivity index (χ0n) is 10.3. The monoisotopic (exact) mass is 312 g/mol. The van der Waals surface area contributed by atoms with Crippen LogP contribution in [0, 0.1) is 0 Å². The van der Waals surface area contributed by atoms with Crippen molar-refractivity contribution in [2.24, 2.45) is 0 Å². The number of methoxy groups -OCH3 is 1. The first-order valence-corrected chi connectivity index (χ1v) is 6.74. The Hall–Kier alpha value is -1.07. The summed E-state index contributed by atoms with van der Waals surface area (Å²) in [5.74, 6) is -0.113. The second kappa shape index (κ2) is 5.28. The van der Waals surface area contributed by atoms with Gasteiger partial charge in [-0.3, -0.25) is 4.79 Å². The van der Waals surface area contributed by atoms with Gasteiger partial charge in [0.05, 0.1) is 5.60 Å². The molecule has 0 spiro atoms. The molecule has 1 saturated carbocycles. The molecule has 0 atom stereocenters. The van der Waals surface area contributed by atoms with Crippen LogP contribution in [0.4, 0.5) is 5.69 Å². The second-order valence-corrected chi connectivity index (χ2v) is 5.51. The molecule has 4 nitrogen and oxygen atoms in total. The van der Waals surface area contributed by atoms with Gasteiger partial charge >= 0.3 is 0 Å². The Morgan fingerprint density at radius 2 is 2.28 bits per heavy atom. The average molecular weight is 313 g/mol. The SMILES string of the molecule is COC1(CNC(=O)c2ccc(Br)c(N)c2)CCC1. The summed E-state index contributed by atoms with van der Waals surface area (Å²) in [6.07, 6.45) is 3.17. The Labute approximate surface area is 115 Å². The van der Waals surface area contributed by atoms with Crippen LogP contribution in [-0.4, -0.2) is 25.2 Å². The summed E-state index contributed by atoms with van der Waals surface area (Å²) < 4.78 is 6.25. The summed E-state index contributed by atoms with van der Waals surface area (Å²) >= 11 is 3.30. The first-order valence-electron chi connectivity index (χ1n) is 5.95. The van der Waals surface area contributed by atoms with Crippen LogP contribution in [-0.2, 0) is 4.74 Å². The van der Waals surface area contributed by atoms with Gasteiger partial charge in [-0.25, -0.2) is 0 Å². The fraction of sp³-hybridized carbons (Fsp3) is 0.462. The molecule has 0 aliphatic heterocycles. The van der Waals surface area contributed by atoms with Crippen molar-refractivity contribution in [2.75, 3.05) is 19.4 Å². The molecule has 18 heavy (non-hydrogen) atoms. The van der Waals surface area contributed by atoms with Crippen LogP contribution in [0.5, 0.6) is 0 Å². The van der Waals surface area contributed by atoms with Gasteiger partial charge in [-0.05, 0) is 53.4 Å². The van der Waals surface area contributed by atoms with Crippen LogP contribution < -0.4 is 11.1 Å². The lowest BCUT2D eigenvalue weighted by Crippen LogP contribution is -2.49. The number of nitrogen functional groups attached to an aromatic ring is 1. The highest BCUT2D eigenvalue weighted by Crippen LogP contribution is 2.34. The van der Waals surface area contributed by atoms with E-state index in [1.165, 1.54) is 0 Å². The van der Waals surface area contributed by atoms with Gasteiger partial charge in [-0.1, -0.05) is 0 Å². The van der Waals surface area contributed by atoms with Gasteiger partial charge in [0.15, 0.2) is 0 Å². The Morgan fingerprint density at radius 1 is 1.56 bits per heavy atom. The van der Waals surface area contributed by atoms with Crippen molar-refractivity contribution < 1.29 is 9.53 Å². The molecule has 1 aliphatic rings. The zero-order chi connectivity index (χ0) is 13.2. The van der Waals surface area contributed by atoms with E-state index in [-0.39, 0.29) is 11.5 Å². The van der Waals surface area contributed by atoms with Gasteiger partial charge in [0.2, 0.25) is 0 Å². The molecule has 0 heterocycles. The first kappa shape index (κ1) is 13.4. The van der Waals surface area contributed by atoms with Gasteiger partial charge in [0.1, 0.15) is 0 Å². The van der Waals surface area contributed by atoms with E-state index in [1.54, 1.807) is 25.3 Å². The predicted octanol–water partition coefficient (Wildman–Crippen LogP) is 2.33. The molecule has 3 N–H and O–H groups in total. The standard InChI is InChI=1S/C13H17BrN2O2/c1-18-13(5-2-6-13)8-16-12(17)9-3-4-10(14)11(15)7-9/h3-4,7H,2,5-6,8,15H2,1H3,(H,16,17). The number of halogens is 1. The topological polar surface area (TPSA) is 64.3 Å². The van der Waals surface area contributed by atoms with E-state index in [0.717, 1.165) is 23.7 Å². The predicted molar refractivity (Wildman–Crippen MR) is 74.5 cm³/mol. The smallest absolute Gasteiger partial charge is 0.251 e. The molecule has 1 aliphatic carbocycles. The van der Waals surface area contributed by atoms with Crippen LogP contribution in [0.25, 0.3) is 0 Å². The molecule has 5 heteroatoms. The molecule has 1 amide bonds. The summed E-state index contributed by atoms with van der Waals surface area (Å²) in [7, 11) is 1.70. The van der Waals surface area contributed by atoms with E-state index in [4.69, 9.17) is 10.5 Å². The van der Waals surface area contributed by atoms with Crippen molar-refractivity contribution in [3.63, 3.8) is 0 Å². The Bertz CT molecular complexity index is 453. The minimum atomic E-state index is -0.156. The van der Waals surface area contributed by atoms with Crippen molar-refractivity contribution in [1.29, 1.82) is 0 Å². The first-order chi connectivity index (χ1) is 8.56. The fourth-order valence-electron chi connectivity index (χ4n) is 2.05. The van der Waals surface area contributed by atoms with Gasteiger partial charge in [0, 0.05) is 29.4 Å². The maximum atomic E-state index is 12.0. The van der Waals surface area contributed by atoms with Crippen molar-refractivity contribution in [2.45, 2.75) is 24.9 Å². The average Bonchev–Trinajstić information content (AvgIpc) is 2.31. The van der Waals surface area contributed by atoms with Crippen molar-refractivity contribution in [1.82, 2.24) is 5.32 Å². The summed E-state index contributed by atoms with van der Waals surface area (Å²) in [6, 6.07) is 5.19. The number of carbonyl (C=O) groups excluding carboxylic acids is 1. The highest BCUT2D eigenvalue weighted by molar-refractivity contribution is 9.10. The number of hydrogen-bond acceptors (Lipinski definition) is 3. The number of nitrogens with two attached hydrogens (primary N) is 1. The number of ether oxygens (including phenoxy) is 1. The van der Waals surface area contributed by atoms with Crippen LogP contribution in [0.2, 0.25) is 0 Å². The Balaban J connectivity index is 1.97. The van der Waals surface area contributed by atoms with E-state index in [0.29, 0.717) is 17.8 Å². The number of anilines is 1. The third-order valence-electron chi connectivity index (χ3n) is 3.53. The van der Waals surface area contributed by atoms with E-state index >= 15 is 0 Å². The van der Waals surface area contributed by atoms with Crippen molar-refractivity contribution >= 4 is 27.5 Å². The lowest BCUT2D eigenvalue weighted by atomic mass is 9.80. The molecule has 1 aromatic carbocycles. The van der Waals surface area contributed by atoms with Gasteiger partial charge in [-0.15, -0.1) is 0 Å². The van der Waals surface area contributed by atoms with E-state index in [1.807, 2.05) is 0 Å². The molecule has 0 radical (unpaired) electrons. The maximum absolute atomic E-state index is 12.0. The normalized spacial score (nSPS) is 17.0. The number of nitrogens with one attached hydrogen (secondary N) is 1. The fourth-order valence-corrected chi connectivity index (χ4v) is 2.30. The number of carbonyl (C=O) groups is 1. The quantitative estimate of drug-likeness (QED) is 0.839. The summed E-state index contributed by atoms with van der Waals surface area (Å²) in [5.41, 5.74) is 6.73. The molecular weight excluding hydrogens is 296 g/mol. The molecule has 0 unspecified atom stereocenters. The molecule has 2 rings (SSSR count). The molecule has 1 fully saturated rings. The zero-order valence-corrected chi connectivity index (χ0v) is 11.9. The molecule has 98 valence electrons. The number of amides is 1. The number of rotatable bonds is 4. The van der Waals surface area contributed by atoms with Crippen LogP contribution in [0.1, 0.15) is 29.6 Å². The number of hydrogen-bond donors (Lipinski definition) is 2. The minimum absolute atomic E-state index is 0.113. The lowest BCUT2D eigenvalue weighted by Gasteiger charge is -2.40. The second-order valence-electron chi connectivity index (χ2n) is 4.66. The van der Waals surface area contributed by atoms with Crippen LogP contribution in [0.15, 0.2) is 22.7 Å². The van der Waals surface area contributed by atoms with Crippen LogP contribution >= 0.6 is 15.9 Å². The van der Waals surface area contributed by atoms with E-state index in [9.17, 15) is 4.79 Å². The minimum Gasteiger partial charge on any atom is -0.398 e. The molecule has 1 aromatic rings. The Kier molecular flexibility index (Phi) is 3.92. The summed E-state index contributed by atoms with van der Waals surface area (Å²) in [4.78, 5) is 12.0. The lowest BCUT2D eigenvalue weighted by molar-refractivity contribution is -0.0679. The van der Waals surface area contributed by atoms with E-state index < -0.39 is 0 Å². The van der Waals surface area contributed by atoms with Crippen molar-refractivity contribution in [3.8, 4) is 0 Å². The highest BCUT2D eigenvalue weighted by atomic mass is 79.9. The maximum Gasteiger partial charge on any atom is 0.251 e. The third kappa shape index (κ3) is 2.67. The van der Waals surface area contributed by atoms with Crippen molar-refractivity contribution in [3.05, 3.63) is 28.2 Å². The molecular formula is C13H17BrN2O2. The van der Waals surface area contributed by atoms with E-state index in [2.05, 4.69) is 21.2 Å². The Morgan fingerprint density at radius 3 is 2.78 bits per heavy atom. The molecule has 0 saturated heterocycles. The van der Waals surface area contributed by atoms with Gasteiger partial charge in [-0.2, -0.15) is 0 Å². The number of benzene rings is 1. The van der Waals surface area contributed by atoms with Gasteiger partial charge < -0.3 is 15.8 Å². The highest BCUT2D eigenvalue weighted by Gasteiger charge is 2.37.